The summed E-state index contributed by atoms with van der Waals surface area (Å²) in [6, 6.07) is 16.5. The van der Waals surface area contributed by atoms with Crippen molar-refractivity contribution in [3.63, 3.8) is 0 Å². The summed E-state index contributed by atoms with van der Waals surface area (Å²) >= 11 is 5.87. The summed E-state index contributed by atoms with van der Waals surface area (Å²) < 4.78 is 7.61. The molecule has 146 valence electrons. The quantitative estimate of drug-likeness (QED) is 0.502. The van der Waals surface area contributed by atoms with Gasteiger partial charge in [0.2, 0.25) is 11.8 Å². The number of carbonyl (C=O) groups excluding carboxylic acids is 1. The van der Waals surface area contributed by atoms with Crippen molar-refractivity contribution in [3.8, 4) is 11.5 Å². The number of benzene rings is 2. The van der Waals surface area contributed by atoms with Crippen LogP contribution in [0.4, 0.5) is 5.69 Å². The average Bonchev–Trinajstić information content (AvgIpc) is 3.35. The van der Waals surface area contributed by atoms with Gasteiger partial charge in [-0.05, 0) is 55.0 Å². The molecular formula is C22H19ClN4O2. The van der Waals surface area contributed by atoms with Gasteiger partial charge in [-0.2, -0.15) is 5.10 Å². The van der Waals surface area contributed by atoms with Crippen molar-refractivity contribution < 1.29 is 9.21 Å². The molecule has 0 atom stereocenters. The first-order valence-electron chi connectivity index (χ1n) is 9.15. The van der Waals surface area contributed by atoms with E-state index in [9.17, 15) is 4.79 Å². The maximum atomic E-state index is 12.2. The summed E-state index contributed by atoms with van der Waals surface area (Å²) in [5.74, 6) is 1.22. The molecule has 0 radical (unpaired) electrons. The molecular weight excluding hydrogens is 388 g/mol. The zero-order valence-corrected chi connectivity index (χ0v) is 16.6. The largest absolute Gasteiger partial charge is 0.441 e. The molecule has 7 heteroatoms. The third-order valence-electron chi connectivity index (χ3n) is 4.46. The van der Waals surface area contributed by atoms with Crippen LogP contribution in [0.2, 0.25) is 5.02 Å². The molecule has 29 heavy (non-hydrogen) atoms. The summed E-state index contributed by atoms with van der Waals surface area (Å²) in [5.41, 5.74) is 3.30. The van der Waals surface area contributed by atoms with Gasteiger partial charge in [-0.1, -0.05) is 23.7 Å². The normalized spacial score (nSPS) is 10.8. The molecule has 0 saturated heterocycles. The van der Waals surface area contributed by atoms with E-state index in [1.807, 2.05) is 55.6 Å². The zero-order valence-electron chi connectivity index (χ0n) is 15.8. The molecule has 0 fully saturated rings. The molecule has 2 aromatic heterocycles. The van der Waals surface area contributed by atoms with Gasteiger partial charge in [-0.3, -0.25) is 9.48 Å². The van der Waals surface area contributed by atoms with Crippen LogP contribution >= 0.6 is 11.6 Å². The first kappa shape index (κ1) is 19.0. The summed E-state index contributed by atoms with van der Waals surface area (Å²) in [6.45, 7) is 2.45. The second kappa shape index (κ2) is 8.32. The number of hydrogen-bond acceptors (Lipinski definition) is 4. The Balaban J connectivity index is 1.41. The molecule has 0 bridgehead atoms. The van der Waals surface area contributed by atoms with E-state index in [2.05, 4.69) is 15.4 Å². The molecule has 6 nitrogen and oxygen atoms in total. The van der Waals surface area contributed by atoms with Crippen LogP contribution in [0, 0.1) is 6.92 Å². The zero-order chi connectivity index (χ0) is 20.2. The van der Waals surface area contributed by atoms with E-state index in [1.54, 1.807) is 23.0 Å². The highest BCUT2D eigenvalue weighted by Gasteiger charge is 2.12. The fraction of sp³-hybridized carbons (Fsp3) is 0.136. The monoisotopic (exact) mass is 406 g/mol. The highest BCUT2D eigenvalue weighted by atomic mass is 35.5. The highest BCUT2D eigenvalue weighted by molar-refractivity contribution is 6.30. The summed E-state index contributed by atoms with van der Waals surface area (Å²) in [6.07, 6.45) is 3.90. The third kappa shape index (κ3) is 4.73. The van der Waals surface area contributed by atoms with E-state index in [1.165, 1.54) is 0 Å². The number of nitrogens with one attached hydrogen (secondary N) is 1. The Bertz CT molecular complexity index is 1100. The van der Waals surface area contributed by atoms with Gasteiger partial charge >= 0.3 is 0 Å². The number of hydrogen-bond donors (Lipinski definition) is 1. The number of anilines is 1. The van der Waals surface area contributed by atoms with Gasteiger partial charge in [0.1, 0.15) is 11.5 Å². The predicted molar refractivity (Wildman–Crippen MR) is 112 cm³/mol. The molecule has 2 aromatic carbocycles. The molecule has 0 saturated carbocycles. The molecule has 4 rings (SSSR count). The average molecular weight is 407 g/mol. The Hall–Kier alpha value is -3.38. The van der Waals surface area contributed by atoms with Crippen molar-refractivity contribution in [1.29, 1.82) is 0 Å². The lowest BCUT2D eigenvalue weighted by Crippen LogP contribution is -2.14. The Kier molecular flexibility index (Phi) is 5.44. The topological polar surface area (TPSA) is 73.0 Å². The molecule has 0 aliphatic heterocycles. The lowest BCUT2D eigenvalue weighted by molar-refractivity contribution is -0.115. The maximum Gasteiger partial charge on any atom is 0.228 e. The van der Waals surface area contributed by atoms with E-state index in [-0.39, 0.29) is 12.3 Å². The number of oxazole rings is 1. The summed E-state index contributed by atoms with van der Waals surface area (Å²) in [4.78, 5) is 16.8. The predicted octanol–water partition coefficient (Wildman–Crippen LogP) is 4.73. The van der Waals surface area contributed by atoms with Crippen molar-refractivity contribution >= 4 is 23.2 Å². The molecule has 0 unspecified atom stereocenters. The van der Waals surface area contributed by atoms with Gasteiger partial charge in [0.15, 0.2) is 0 Å². The number of aryl methyl sites for hydroxylation is 1. The smallest absolute Gasteiger partial charge is 0.228 e. The van der Waals surface area contributed by atoms with E-state index in [4.69, 9.17) is 16.0 Å². The van der Waals surface area contributed by atoms with Crippen molar-refractivity contribution in [2.75, 3.05) is 5.32 Å². The fourth-order valence-electron chi connectivity index (χ4n) is 2.93. The van der Waals surface area contributed by atoms with Gasteiger partial charge in [-0.15, -0.1) is 0 Å². The summed E-state index contributed by atoms with van der Waals surface area (Å²) in [5, 5.41) is 7.74. The molecule has 1 amide bonds. The molecule has 1 N–H and O–H groups in total. The number of halogens is 1. The Labute approximate surface area is 173 Å². The first-order valence-corrected chi connectivity index (χ1v) is 9.53. The third-order valence-corrected chi connectivity index (χ3v) is 4.71. The minimum atomic E-state index is -0.0893. The maximum absolute atomic E-state index is 12.2. The van der Waals surface area contributed by atoms with Crippen molar-refractivity contribution in [2.24, 2.45) is 0 Å². The van der Waals surface area contributed by atoms with Crippen molar-refractivity contribution in [3.05, 3.63) is 89.0 Å². The van der Waals surface area contributed by atoms with E-state index < -0.39 is 0 Å². The lowest BCUT2D eigenvalue weighted by Gasteiger charge is -2.06. The van der Waals surface area contributed by atoms with E-state index in [0.717, 1.165) is 22.6 Å². The minimum absolute atomic E-state index is 0.0893. The van der Waals surface area contributed by atoms with Gasteiger partial charge in [0.05, 0.1) is 13.0 Å². The van der Waals surface area contributed by atoms with Crippen LogP contribution in [0.25, 0.3) is 11.5 Å². The van der Waals surface area contributed by atoms with Crippen LogP contribution in [-0.2, 0) is 17.8 Å². The lowest BCUT2D eigenvalue weighted by atomic mass is 10.1. The SMILES string of the molecule is Cc1oc(-c2ccc(NC(=O)Cc3ccc(Cl)cc3)cc2)nc1Cn1cccn1. The van der Waals surface area contributed by atoms with E-state index in [0.29, 0.717) is 23.1 Å². The summed E-state index contributed by atoms with van der Waals surface area (Å²) in [7, 11) is 0. The standard InChI is InChI=1S/C22H19ClN4O2/c1-15-20(14-27-12-2-11-24-27)26-22(29-15)17-5-9-19(10-6-17)25-21(28)13-16-3-7-18(23)8-4-16/h2-12H,13-14H2,1H3,(H,25,28). The Morgan fingerprint density at radius 1 is 1.14 bits per heavy atom. The van der Waals surface area contributed by atoms with Gasteiger partial charge in [0.25, 0.3) is 0 Å². The van der Waals surface area contributed by atoms with Crippen LogP contribution in [0.3, 0.4) is 0 Å². The van der Waals surface area contributed by atoms with Crippen LogP contribution in [-0.4, -0.2) is 20.7 Å². The Morgan fingerprint density at radius 2 is 1.90 bits per heavy atom. The Morgan fingerprint density at radius 3 is 2.59 bits per heavy atom. The number of aromatic nitrogens is 3. The molecule has 0 aliphatic rings. The van der Waals surface area contributed by atoms with Crippen molar-refractivity contribution in [1.82, 2.24) is 14.8 Å². The van der Waals surface area contributed by atoms with Crippen LogP contribution in [0.15, 0.2) is 71.4 Å². The van der Waals surface area contributed by atoms with Gasteiger partial charge in [-0.25, -0.2) is 4.98 Å². The second-order valence-electron chi connectivity index (χ2n) is 6.65. The fourth-order valence-corrected chi connectivity index (χ4v) is 3.06. The number of nitrogens with zero attached hydrogens (tertiary/aromatic N) is 3. The van der Waals surface area contributed by atoms with Crippen LogP contribution < -0.4 is 5.32 Å². The second-order valence-corrected chi connectivity index (χ2v) is 7.09. The first-order chi connectivity index (χ1) is 14.1. The number of rotatable bonds is 6. The molecule has 0 spiro atoms. The van der Waals surface area contributed by atoms with Gasteiger partial charge < -0.3 is 9.73 Å². The van der Waals surface area contributed by atoms with Crippen LogP contribution in [0.1, 0.15) is 17.0 Å². The molecule has 0 aliphatic carbocycles. The minimum Gasteiger partial charge on any atom is -0.441 e. The number of carbonyl (C=O) groups is 1. The number of amides is 1. The highest BCUT2D eigenvalue weighted by Crippen LogP contribution is 2.24. The van der Waals surface area contributed by atoms with E-state index >= 15 is 0 Å². The van der Waals surface area contributed by atoms with Gasteiger partial charge in [0, 0.05) is 28.7 Å². The van der Waals surface area contributed by atoms with Crippen LogP contribution in [0.5, 0.6) is 0 Å². The molecule has 2 heterocycles. The van der Waals surface area contributed by atoms with Crippen molar-refractivity contribution in [2.45, 2.75) is 19.9 Å². The molecule has 4 aromatic rings.